The van der Waals surface area contributed by atoms with E-state index < -0.39 is 29.4 Å². The van der Waals surface area contributed by atoms with Gasteiger partial charge in [0, 0.05) is 52.1 Å². The van der Waals surface area contributed by atoms with Crippen LogP contribution in [0.2, 0.25) is 0 Å². The number of rotatable bonds is 7. The molecule has 0 aromatic carbocycles. The number of H-pyrrole nitrogens is 1. The van der Waals surface area contributed by atoms with Gasteiger partial charge in [-0.1, -0.05) is 0 Å². The summed E-state index contributed by atoms with van der Waals surface area (Å²) in [5.74, 6) is -2.89. The molecule has 4 aromatic rings. The number of aromatic nitrogens is 6. The molecular formula is C21H22N10O5. The number of anilines is 3. The largest absolute Gasteiger partial charge is 0.504 e. The third-order valence-electron chi connectivity index (χ3n) is 5.19. The lowest BCUT2D eigenvalue weighted by Gasteiger charge is -2.04. The molecule has 186 valence electrons. The molecule has 0 bridgehead atoms. The van der Waals surface area contributed by atoms with Gasteiger partial charge in [-0.2, -0.15) is 0 Å². The van der Waals surface area contributed by atoms with E-state index in [9.17, 15) is 24.3 Å². The van der Waals surface area contributed by atoms with E-state index in [-0.39, 0.29) is 40.2 Å². The van der Waals surface area contributed by atoms with Gasteiger partial charge in [-0.3, -0.25) is 19.2 Å². The second-order valence-electron chi connectivity index (χ2n) is 7.80. The molecule has 0 aliphatic carbocycles. The van der Waals surface area contributed by atoms with Gasteiger partial charge in [-0.25, -0.2) is 9.97 Å². The third-order valence-corrected chi connectivity index (χ3v) is 5.19. The molecule has 0 aliphatic heterocycles. The van der Waals surface area contributed by atoms with Gasteiger partial charge in [0.1, 0.15) is 17.1 Å². The first-order chi connectivity index (χ1) is 17.0. The Morgan fingerprint density at radius 2 is 1.67 bits per heavy atom. The van der Waals surface area contributed by atoms with Crippen LogP contribution in [-0.4, -0.2) is 57.4 Å². The number of hydrogen-bond donors (Lipinski definition) is 6. The highest BCUT2D eigenvalue weighted by Gasteiger charge is 2.22. The summed E-state index contributed by atoms with van der Waals surface area (Å²) in [4.78, 5) is 59.7. The van der Waals surface area contributed by atoms with Crippen molar-refractivity contribution in [1.82, 2.24) is 28.7 Å². The van der Waals surface area contributed by atoms with E-state index in [0.717, 1.165) is 0 Å². The molecule has 7 N–H and O–H groups in total. The summed E-state index contributed by atoms with van der Waals surface area (Å²) in [7, 11) is 4.80. The van der Waals surface area contributed by atoms with Crippen molar-refractivity contribution in [3.05, 3.63) is 60.1 Å². The Labute approximate surface area is 202 Å². The van der Waals surface area contributed by atoms with Crippen LogP contribution < -0.4 is 21.7 Å². The van der Waals surface area contributed by atoms with Crippen molar-refractivity contribution >= 4 is 40.8 Å². The van der Waals surface area contributed by atoms with E-state index >= 15 is 0 Å². The van der Waals surface area contributed by atoms with E-state index in [4.69, 9.17) is 5.73 Å². The molecule has 4 heterocycles. The lowest BCUT2D eigenvalue weighted by atomic mass is 10.3. The molecule has 15 heteroatoms. The van der Waals surface area contributed by atoms with Gasteiger partial charge < -0.3 is 45.5 Å². The minimum Gasteiger partial charge on any atom is -0.504 e. The van der Waals surface area contributed by atoms with Gasteiger partial charge in [-0.15, -0.1) is 0 Å². The normalized spacial score (nSPS) is 10.8. The monoisotopic (exact) mass is 494 g/mol. The standard InChI is InChI=1S/C21H22N10O5/c1-29-5-4-23-17(29)20(35)28-13-9-31(3)18(27-13)21(36)26-11-7-24-14(15(11)32)19(34)25-10-6-12(16(22)33)30(2)8-10/h4-9,24,32H,1-3H3,(H2,22,33)(H,25,34)(H,26,36)(H,28,35). The van der Waals surface area contributed by atoms with Crippen molar-refractivity contribution in [3.63, 3.8) is 0 Å². The lowest BCUT2D eigenvalue weighted by molar-refractivity contribution is 0.0987. The van der Waals surface area contributed by atoms with E-state index in [1.807, 2.05) is 0 Å². The fraction of sp³-hybridized carbons (Fsp3) is 0.143. The maximum Gasteiger partial charge on any atom is 0.292 e. The number of carbonyl (C=O) groups excluding carboxylic acids is 4. The van der Waals surface area contributed by atoms with Crippen LogP contribution in [-0.2, 0) is 21.1 Å². The highest BCUT2D eigenvalue weighted by Crippen LogP contribution is 2.28. The van der Waals surface area contributed by atoms with Crippen molar-refractivity contribution in [3.8, 4) is 5.75 Å². The Kier molecular flexibility index (Phi) is 6.04. The maximum absolute atomic E-state index is 12.7. The number of nitrogens with two attached hydrogens (primary N) is 1. The lowest BCUT2D eigenvalue weighted by Crippen LogP contribution is -2.18. The smallest absolute Gasteiger partial charge is 0.292 e. The molecule has 0 saturated carbocycles. The summed E-state index contributed by atoms with van der Waals surface area (Å²) in [5, 5.41) is 18.0. The zero-order valence-corrected chi connectivity index (χ0v) is 19.4. The van der Waals surface area contributed by atoms with Crippen molar-refractivity contribution in [2.45, 2.75) is 0 Å². The number of imidazole rings is 2. The van der Waals surface area contributed by atoms with Crippen molar-refractivity contribution in [2.24, 2.45) is 26.9 Å². The molecular weight excluding hydrogens is 472 g/mol. The van der Waals surface area contributed by atoms with Gasteiger partial charge in [-0.05, 0) is 6.07 Å². The average molecular weight is 494 g/mol. The van der Waals surface area contributed by atoms with Crippen LogP contribution in [0.3, 0.4) is 0 Å². The summed E-state index contributed by atoms with van der Waals surface area (Å²) < 4.78 is 4.35. The minimum absolute atomic E-state index is 0.0694. The topological polar surface area (TPSA) is 207 Å². The van der Waals surface area contributed by atoms with Gasteiger partial charge >= 0.3 is 0 Å². The number of primary amides is 1. The van der Waals surface area contributed by atoms with Crippen LogP contribution in [0.4, 0.5) is 17.2 Å². The highest BCUT2D eigenvalue weighted by molar-refractivity contribution is 6.09. The molecule has 4 rings (SSSR count). The van der Waals surface area contributed by atoms with Gasteiger partial charge in [0.2, 0.25) is 5.82 Å². The van der Waals surface area contributed by atoms with Crippen molar-refractivity contribution < 1.29 is 24.3 Å². The summed E-state index contributed by atoms with van der Waals surface area (Å²) >= 11 is 0. The SMILES string of the molecule is Cn1cc(NC(=O)c2[nH]cc(NC(=O)c3nc(NC(=O)c4nccn4C)cn3C)c2O)cc1C(N)=O. The first-order valence-electron chi connectivity index (χ1n) is 10.4. The molecule has 4 aromatic heterocycles. The molecule has 0 fully saturated rings. The summed E-state index contributed by atoms with van der Waals surface area (Å²) in [6.45, 7) is 0. The molecule has 15 nitrogen and oxygen atoms in total. The fourth-order valence-electron chi connectivity index (χ4n) is 3.43. The quantitative estimate of drug-likeness (QED) is 0.213. The van der Waals surface area contributed by atoms with E-state index in [0.29, 0.717) is 0 Å². The molecule has 0 unspecified atom stereocenters. The van der Waals surface area contributed by atoms with E-state index in [1.54, 1.807) is 27.3 Å². The molecule has 4 amide bonds. The predicted molar refractivity (Wildman–Crippen MR) is 127 cm³/mol. The van der Waals surface area contributed by atoms with Gasteiger partial charge in [0.25, 0.3) is 23.6 Å². The second-order valence-corrected chi connectivity index (χ2v) is 7.80. The number of aromatic amines is 1. The number of aromatic hydroxyl groups is 1. The summed E-state index contributed by atoms with van der Waals surface area (Å²) in [5.41, 5.74) is 5.43. The Hall–Kier alpha value is -5.34. The van der Waals surface area contributed by atoms with Crippen LogP contribution >= 0.6 is 0 Å². The van der Waals surface area contributed by atoms with Gasteiger partial charge in [0.05, 0.1) is 5.69 Å². The Balaban J connectivity index is 1.45. The van der Waals surface area contributed by atoms with Crippen LogP contribution in [0.15, 0.2) is 37.1 Å². The number of amides is 4. The number of hydrogen-bond acceptors (Lipinski definition) is 7. The molecule has 0 atom stereocenters. The van der Waals surface area contributed by atoms with Crippen LogP contribution in [0.1, 0.15) is 42.2 Å². The third kappa shape index (κ3) is 4.52. The Bertz CT molecular complexity index is 1500. The number of nitrogens with one attached hydrogen (secondary N) is 4. The highest BCUT2D eigenvalue weighted by atomic mass is 16.3. The Morgan fingerprint density at radius 1 is 0.944 bits per heavy atom. The van der Waals surface area contributed by atoms with E-state index in [1.165, 1.54) is 44.6 Å². The van der Waals surface area contributed by atoms with Crippen LogP contribution in [0, 0.1) is 0 Å². The fourth-order valence-corrected chi connectivity index (χ4v) is 3.43. The molecule has 0 spiro atoms. The van der Waals surface area contributed by atoms with Crippen LogP contribution in [0.25, 0.3) is 0 Å². The number of aryl methyl sites for hydroxylation is 3. The zero-order chi connectivity index (χ0) is 26.1. The summed E-state index contributed by atoms with van der Waals surface area (Å²) in [6.07, 6.45) is 7.23. The number of nitrogens with zero attached hydrogens (tertiary/aromatic N) is 5. The Morgan fingerprint density at radius 3 is 2.31 bits per heavy atom. The predicted octanol–water partition coefficient (Wildman–Crippen LogP) is 0.382. The van der Waals surface area contributed by atoms with Crippen molar-refractivity contribution in [1.29, 1.82) is 0 Å². The maximum atomic E-state index is 12.7. The molecule has 0 aliphatic rings. The molecule has 0 saturated heterocycles. The van der Waals surface area contributed by atoms with E-state index in [2.05, 4.69) is 30.9 Å². The first kappa shape index (κ1) is 23.8. The minimum atomic E-state index is -0.717. The first-order valence-corrected chi connectivity index (χ1v) is 10.4. The number of carbonyl (C=O) groups is 4. The van der Waals surface area contributed by atoms with Gasteiger partial charge in [0.15, 0.2) is 17.4 Å². The van der Waals surface area contributed by atoms with Crippen LogP contribution in [0.5, 0.6) is 5.75 Å². The zero-order valence-electron chi connectivity index (χ0n) is 19.4. The summed E-state index contributed by atoms with van der Waals surface area (Å²) in [6, 6.07) is 1.38. The van der Waals surface area contributed by atoms with Crippen molar-refractivity contribution in [2.75, 3.05) is 16.0 Å². The molecule has 0 radical (unpaired) electrons. The second kappa shape index (κ2) is 9.13. The average Bonchev–Trinajstić information content (AvgIpc) is 3.56. The molecule has 36 heavy (non-hydrogen) atoms.